The largest absolute Gasteiger partial charge is 0.312 e. The highest BCUT2D eigenvalue weighted by molar-refractivity contribution is 5.16. The zero-order valence-electron chi connectivity index (χ0n) is 8.43. The average Bonchev–Trinajstić information content (AvgIpc) is 2.17. The maximum atomic E-state index is 13.4. The molecule has 0 radical (unpaired) electrons. The predicted molar refractivity (Wildman–Crippen MR) is 53.6 cm³/mol. The lowest BCUT2D eigenvalue weighted by Crippen LogP contribution is -2.42. The summed E-state index contributed by atoms with van der Waals surface area (Å²) in [6, 6.07) is 8.00. The Morgan fingerprint density at radius 1 is 1.29 bits per heavy atom. The third-order valence-electron chi connectivity index (χ3n) is 2.35. The van der Waals surface area contributed by atoms with Gasteiger partial charge in [-0.3, -0.25) is 0 Å². The SMILES string of the molecule is CNC(C)C(F)(F)Cc1ccccc1. The van der Waals surface area contributed by atoms with Gasteiger partial charge in [0, 0.05) is 6.42 Å². The molecule has 0 spiro atoms. The molecular weight excluding hydrogens is 184 g/mol. The molecule has 0 amide bonds. The van der Waals surface area contributed by atoms with Crippen molar-refractivity contribution in [2.24, 2.45) is 0 Å². The van der Waals surface area contributed by atoms with Crippen LogP contribution in [0.3, 0.4) is 0 Å². The lowest BCUT2D eigenvalue weighted by molar-refractivity contribution is -0.0285. The van der Waals surface area contributed by atoms with Gasteiger partial charge in [0.05, 0.1) is 6.04 Å². The zero-order chi connectivity index (χ0) is 10.6. The fourth-order valence-electron chi connectivity index (χ4n) is 1.23. The van der Waals surface area contributed by atoms with Gasteiger partial charge in [-0.25, -0.2) is 8.78 Å². The fourth-order valence-corrected chi connectivity index (χ4v) is 1.23. The van der Waals surface area contributed by atoms with Crippen molar-refractivity contribution < 1.29 is 8.78 Å². The van der Waals surface area contributed by atoms with Crippen molar-refractivity contribution >= 4 is 0 Å². The van der Waals surface area contributed by atoms with Crippen molar-refractivity contribution in [3.8, 4) is 0 Å². The Kier molecular flexibility index (Phi) is 3.58. The van der Waals surface area contributed by atoms with Crippen molar-refractivity contribution in [3.63, 3.8) is 0 Å². The van der Waals surface area contributed by atoms with Crippen LogP contribution in [0.2, 0.25) is 0 Å². The Labute approximate surface area is 83.1 Å². The van der Waals surface area contributed by atoms with E-state index in [1.807, 2.05) is 6.07 Å². The van der Waals surface area contributed by atoms with Crippen molar-refractivity contribution in [1.29, 1.82) is 0 Å². The summed E-state index contributed by atoms with van der Waals surface area (Å²) < 4.78 is 26.9. The Balaban J connectivity index is 2.68. The van der Waals surface area contributed by atoms with Crippen molar-refractivity contribution in [2.45, 2.75) is 25.3 Å². The minimum Gasteiger partial charge on any atom is -0.312 e. The summed E-state index contributed by atoms with van der Waals surface area (Å²) >= 11 is 0. The van der Waals surface area contributed by atoms with E-state index < -0.39 is 12.0 Å². The van der Waals surface area contributed by atoms with Crippen LogP contribution >= 0.6 is 0 Å². The van der Waals surface area contributed by atoms with Gasteiger partial charge in [-0.05, 0) is 19.5 Å². The van der Waals surface area contributed by atoms with Gasteiger partial charge in [0.15, 0.2) is 0 Å². The van der Waals surface area contributed by atoms with E-state index >= 15 is 0 Å². The van der Waals surface area contributed by atoms with Crippen LogP contribution in [0.15, 0.2) is 30.3 Å². The van der Waals surface area contributed by atoms with E-state index in [1.54, 1.807) is 31.3 Å². The van der Waals surface area contributed by atoms with Gasteiger partial charge in [0.1, 0.15) is 0 Å². The summed E-state index contributed by atoms with van der Waals surface area (Å²) in [5.41, 5.74) is 0.666. The smallest absolute Gasteiger partial charge is 0.266 e. The van der Waals surface area contributed by atoms with E-state index in [0.29, 0.717) is 5.56 Å². The molecule has 14 heavy (non-hydrogen) atoms. The molecule has 1 rings (SSSR count). The first kappa shape index (κ1) is 11.1. The summed E-state index contributed by atoms with van der Waals surface area (Å²) in [5, 5.41) is 2.58. The molecule has 0 aliphatic rings. The second-order valence-corrected chi connectivity index (χ2v) is 3.43. The standard InChI is InChI=1S/C11H15F2N/c1-9(14-2)11(12,13)8-10-6-4-3-5-7-10/h3-7,9,14H,8H2,1-2H3. The van der Waals surface area contributed by atoms with Gasteiger partial charge >= 0.3 is 0 Å². The van der Waals surface area contributed by atoms with E-state index in [9.17, 15) is 8.78 Å². The normalized spacial score (nSPS) is 14.0. The summed E-state index contributed by atoms with van der Waals surface area (Å²) in [7, 11) is 1.55. The Bertz CT molecular complexity index is 272. The van der Waals surface area contributed by atoms with Crippen molar-refractivity contribution in [2.75, 3.05) is 7.05 Å². The van der Waals surface area contributed by atoms with E-state index in [4.69, 9.17) is 0 Å². The van der Waals surface area contributed by atoms with Gasteiger partial charge in [0.2, 0.25) is 0 Å². The van der Waals surface area contributed by atoms with E-state index in [-0.39, 0.29) is 6.42 Å². The number of halogens is 2. The van der Waals surface area contributed by atoms with Crippen LogP contribution in [-0.2, 0) is 6.42 Å². The summed E-state index contributed by atoms with van der Waals surface area (Å²) in [6.07, 6.45) is -0.212. The van der Waals surface area contributed by atoms with Crippen LogP contribution in [0.25, 0.3) is 0 Å². The average molecular weight is 199 g/mol. The molecule has 0 saturated heterocycles. The molecule has 0 aromatic heterocycles. The first-order valence-electron chi connectivity index (χ1n) is 4.65. The number of rotatable bonds is 4. The predicted octanol–water partition coefficient (Wildman–Crippen LogP) is 2.47. The molecule has 1 unspecified atom stereocenters. The summed E-state index contributed by atoms with van der Waals surface area (Å²) in [6.45, 7) is 1.49. The highest BCUT2D eigenvalue weighted by Crippen LogP contribution is 2.23. The second-order valence-electron chi connectivity index (χ2n) is 3.43. The van der Waals surface area contributed by atoms with E-state index in [2.05, 4.69) is 5.32 Å². The Morgan fingerprint density at radius 3 is 2.36 bits per heavy atom. The molecule has 0 aliphatic carbocycles. The summed E-state index contributed by atoms with van der Waals surface area (Å²) in [4.78, 5) is 0. The monoisotopic (exact) mass is 199 g/mol. The molecule has 0 saturated carbocycles. The highest BCUT2D eigenvalue weighted by atomic mass is 19.3. The Morgan fingerprint density at radius 2 is 1.86 bits per heavy atom. The van der Waals surface area contributed by atoms with Crippen LogP contribution in [0.5, 0.6) is 0 Å². The minimum absolute atomic E-state index is 0.212. The molecular formula is C11H15F2N. The van der Waals surface area contributed by atoms with E-state index in [0.717, 1.165) is 0 Å². The lowest BCUT2D eigenvalue weighted by atomic mass is 10.0. The number of alkyl halides is 2. The molecule has 1 aromatic carbocycles. The van der Waals surface area contributed by atoms with Gasteiger partial charge in [-0.15, -0.1) is 0 Å². The Hall–Kier alpha value is -0.960. The molecule has 1 atom stereocenters. The van der Waals surface area contributed by atoms with Crippen LogP contribution in [0, 0.1) is 0 Å². The molecule has 1 aromatic rings. The van der Waals surface area contributed by atoms with E-state index in [1.165, 1.54) is 6.92 Å². The third-order valence-corrected chi connectivity index (χ3v) is 2.35. The molecule has 0 bridgehead atoms. The van der Waals surface area contributed by atoms with Crippen molar-refractivity contribution in [3.05, 3.63) is 35.9 Å². The first-order valence-corrected chi connectivity index (χ1v) is 4.65. The molecule has 0 fully saturated rings. The van der Waals surface area contributed by atoms with Gasteiger partial charge in [-0.1, -0.05) is 30.3 Å². The number of nitrogens with one attached hydrogen (secondary N) is 1. The zero-order valence-corrected chi connectivity index (χ0v) is 8.43. The molecule has 78 valence electrons. The molecule has 1 N–H and O–H groups in total. The van der Waals surface area contributed by atoms with Gasteiger partial charge in [-0.2, -0.15) is 0 Å². The molecule has 1 nitrogen and oxygen atoms in total. The number of hydrogen-bond donors (Lipinski definition) is 1. The number of hydrogen-bond acceptors (Lipinski definition) is 1. The highest BCUT2D eigenvalue weighted by Gasteiger charge is 2.35. The second kappa shape index (κ2) is 4.51. The van der Waals surface area contributed by atoms with Gasteiger partial charge in [0.25, 0.3) is 5.92 Å². The minimum atomic E-state index is -2.70. The quantitative estimate of drug-likeness (QED) is 0.785. The number of benzene rings is 1. The van der Waals surface area contributed by atoms with Crippen LogP contribution in [0.1, 0.15) is 12.5 Å². The molecule has 0 heterocycles. The first-order chi connectivity index (χ1) is 6.56. The lowest BCUT2D eigenvalue weighted by Gasteiger charge is -2.23. The van der Waals surface area contributed by atoms with Crippen LogP contribution < -0.4 is 5.32 Å². The summed E-state index contributed by atoms with van der Waals surface area (Å²) in [5.74, 6) is -2.70. The van der Waals surface area contributed by atoms with Crippen molar-refractivity contribution in [1.82, 2.24) is 5.32 Å². The topological polar surface area (TPSA) is 12.0 Å². The van der Waals surface area contributed by atoms with Crippen LogP contribution in [0.4, 0.5) is 8.78 Å². The van der Waals surface area contributed by atoms with Gasteiger partial charge < -0.3 is 5.32 Å². The maximum absolute atomic E-state index is 13.4. The van der Waals surface area contributed by atoms with Crippen LogP contribution in [-0.4, -0.2) is 19.0 Å². The molecule has 0 aliphatic heterocycles. The maximum Gasteiger partial charge on any atom is 0.266 e. The third kappa shape index (κ3) is 2.77. The molecule has 3 heteroatoms. The fraction of sp³-hybridized carbons (Fsp3) is 0.455.